The molecule has 8 saturated carbocycles. The minimum absolute atomic E-state index is 1.13. The molecule has 0 aromatic carbocycles. The maximum atomic E-state index is 2.52. The molecule has 0 amide bonds. The number of hydrogen-bond acceptors (Lipinski definition) is 0. The summed E-state index contributed by atoms with van der Waals surface area (Å²) in [5.74, 6) is 13.8. The van der Waals surface area contributed by atoms with Crippen LogP contribution < -0.4 is 0 Å². The Labute approximate surface area is 149 Å². The lowest BCUT2D eigenvalue weighted by Crippen LogP contribution is -2.59. The van der Waals surface area contributed by atoms with Crippen LogP contribution in [0.25, 0.3) is 0 Å². The second-order valence-electron chi connectivity index (χ2n) is 11.3. The number of rotatable bonds is 3. The monoisotopic (exact) mass is 326 g/mol. The van der Waals surface area contributed by atoms with E-state index in [1.54, 1.807) is 51.4 Å². The van der Waals surface area contributed by atoms with Crippen LogP contribution in [0.3, 0.4) is 0 Å². The highest BCUT2D eigenvalue weighted by atomic mass is 14.7. The van der Waals surface area contributed by atoms with E-state index in [2.05, 4.69) is 13.8 Å². The van der Waals surface area contributed by atoms with Crippen molar-refractivity contribution >= 4 is 0 Å². The van der Waals surface area contributed by atoms with Gasteiger partial charge in [-0.15, -0.1) is 0 Å². The van der Waals surface area contributed by atoms with Gasteiger partial charge in [-0.25, -0.2) is 0 Å². The van der Waals surface area contributed by atoms with Gasteiger partial charge in [0.05, 0.1) is 0 Å². The first-order valence-electron chi connectivity index (χ1n) is 11.8. The maximum Gasteiger partial charge on any atom is -0.0321 e. The van der Waals surface area contributed by atoms with Gasteiger partial charge in [0.2, 0.25) is 0 Å². The van der Waals surface area contributed by atoms with Crippen LogP contribution in [0.5, 0.6) is 0 Å². The van der Waals surface area contributed by atoms with Crippen LogP contribution >= 0.6 is 0 Å². The van der Waals surface area contributed by atoms with Crippen LogP contribution in [-0.2, 0) is 0 Å². The number of fused-ring (bicyclic) bond motifs is 1. The standard InChI is InChI=1S/C24H38/c1-3-19-15-5-13-7-17(11-15)23(21(19)9-13)24-18-8-14-6-16(12-18)20(4-2)22(24)10-14/h13-24H,3-12H2,1-2H3. The fourth-order valence-corrected chi connectivity index (χ4v) is 10.7. The predicted octanol–water partition coefficient (Wildman–Crippen LogP) is 6.40. The van der Waals surface area contributed by atoms with Crippen molar-refractivity contribution in [3.63, 3.8) is 0 Å². The third-order valence-corrected chi connectivity index (χ3v) is 10.7. The van der Waals surface area contributed by atoms with E-state index in [0.29, 0.717) is 0 Å². The first kappa shape index (κ1) is 15.1. The summed E-state index contributed by atoms with van der Waals surface area (Å²) in [6.45, 7) is 5.05. The van der Waals surface area contributed by atoms with Gasteiger partial charge < -0.3 is 0 Å². The molecular formula is C24H38. The zero-order valence-electron chi connectivity index (χ0n) is 16.0. The molecule has 8 fully saturated rings. The van der Waals surface area contributed by atoms with Gasteiger partial charge in [0, 0.05) is 0 Å². The van der Waals surface area contributed by atoms with Crippen molar-refractivity contribution in [1.29, 1.82) is 0 Å². The van der Waals surface area contributed by atoms with E-state index >= 15 is 0 Å². The van der Waals surface area contributed by atoms with Crippen LogP contribution in [-0.4, -0.2) is 0 Å². The molecule has 12 unspecified atom stereocenters. The van der Waals surface area contributed by atoms with Crippen LogP contribution in [0.1, 0.15) is 78.1 Å². The van der Waals surface area contributed by atoms with Crippen molar-refractivity contribution in [3.05, 3.63) is 0 Å². The molecular weight excluding hydrogens is 288 g/mol. The summed E-state index contributed by atoms with van der Waals surface area (Å²) in [5, 5.41) is 0. The van der Waals surface area contributed by atoms with E-state index in [4.69, 9.17) is 0 Å². The van der Waals surface area contributed by atoms with Gasteiger partial charge in [-0.1, -0.05) is 26.7 Å². The minimum atomic E-state index is 1.13. The summed E-state index contributed by atoms with van der Waals surface area (Å²) in [4.78, 5) is 0. The molecule has 0 aromatic heterocycles. The van der Waals surface area contributed by atoms with Crippen molar-refractivity contribution < 1.29 is 0 Å². The van der Waals surface area contributed by atoms with Gasteiger partial charge in [-0.05, 0) is 122 Å². The average Bonchev–Trinajstić information content (AvgIpc) is 2.56. The molecule has 8 rings (SSSR count). The molecule has 0 nitrogen and oxygen atoms in total. The smallest absolute Gasteiger partial charge is 0.0321 e. The molecule has 0 aliphatic heterocycles. The van der Waals surface area contributed by atoms with Gasteiger partial charge in [-0.2, -0.15) is 0 Å². The molecule has 0 radical (unpaired) electrons. The van der Waals surface area contributed by atoms with Gasteiger partial charge >= 0.3 is 0 Å². The van der Waals surface area contributed by atoms with Crippen molar-refractivity contribution in [3.8, 4) is 0 Å². The third-order valence-electron chi connectivity index (χ3n) is 10.7. The number of hydrogen-bond donors (Lipinski definition) is 0. The lowest BCUT2D eigenvalue weighted by Gasteiger charge is -2.67. The fraction of sp³-hybridized carbons (Fsp3) is 1.00. The molecule has 12 atom stereocenters. The zero-order chi connectivity index (χ0) is 16.0. The Kier molecular flexibility index (Phi) is 3.31. The Morgan fingerprint density at radius 2 is 0.917 bits per heavy atom. The first-order chi connectivity index (χ1) is 11.8. The second-order valence-corrected chi connectivity index (χ2v) is 11.3. The van der Waals surface area contributed by atoms with Crippen LogP contribution in [0, 0.1) is 71.0 Å². The van der Waals surface area contributed by atoms with Crippen LogP contribution in [0.4, 0.5) is 0 Å². The second kappa shape index (κ2) is 5.26. The Balaban J connectivity index is 1.36. The summed E-state index contributed by atoms with van der Waals surface area (Å²) in [7, 11) is 0. The highest BCUT2D eigenvalue weighted by Crippen LogP contribution is 2.68. The molecule has 8 aliphatic rings. The maximum absolute atomic E-state index is 2.52. The quantitative estimate of drug-likeness (QED) is 0.562. The van der Waals surface area contributed by atoms with E-state index < -0.39 is 0 Å². The molecule has 0 N–H and O–H groups in total. The van der Waals surface area contributed by atoms with Gasteiger partial charge in [0.1, 0.15) is 0 Å². The Morgan fingerprint density at radius 1 is 0.500 bits per heavy atom. The summed E-state index contributed by atoms with van der Waals surface area (Å²) in [6.07, 6.45) is 16.1. The Morgan fingerprint density at radius 3 is 1.33 bits per heavy atom. The van der Waals surface area contributed by atoms with Crippen molar-refractivity contribution in [2.45, 2.75) is 78.1 Å². The van der Waals surface area contributed by atoms with E-state index in [1.807, 2.05) is 0 Å². The van der Waals surface area contributed by atoms with Crippen molar-refractivity contribution in [2.24, 2.45) is 71.0 Å². The topological polar surface area (TPSA) is 0 Å². The SMILES string of the molecule is CCC1C2CC3CC(C2)C(C2C4CC5CC(C4)C(CC)C2C5)C1C3. The fourth-order valence-electron chi connectivity index (χ4n) is 10.7. The molecule has 0 spiro atoms. The van der Waals surface area contributed by atoms with Crippen molar-refractivity contribution in [2.75, 3.05) is 0 Å². The normalized spacial score (nSPS) is 63.2. The molecule has 0 heteroatoms. The van der Waals surface area contributed by atoms with Crippen molar-refractivity contribution in [1.82, 2.24) is 0 Å². The van der Waals surface area contributed by atoms with Gasteiger partial charge in [0.15, 0.2) is 0 Å². The predicted molar refractivity (Wildman–Crippen MR) is 99.4 cm³/mol. The third kappa shape index (κ3) is 1.87. The molecule has 8 aliphatic carbocycles. The minimum Gasteiger partial charge on any atom is -0.0651 e. The Hall–Kier alpha value is 0. The largest absolute Gasteiger partial charge is 0.0651 e. The summed E-state index contributed by atoms with van der Waals surface area (Å²) < 4.78 is 0. The molecule has 0 saturated heterocycles. The van der Waals surface area contributed by atoms with Gasteiger partial charge in [0.25, 0.3) is 0 Å². The highest BCUT2D eigenvalue weighted by molar-refractivity contribution is 5.10. The molecule has 134 valence electrons. The van der Waals surface area contributed by atoms with Crippen LogP contribution in [0.15, 0.2) is 0 Å². The lowest BCUT2D eigenvalue weighted by molar-refractivity contribution is -0.178. The molecule has 0 heterocycles. The molecule has 24 heavy (non-hydrogen) atoms. The average molecular weight is 327 g/mol. The van der Waals surface area contributed by atoms with E-state index in [-0.39, 0.29) is 0 Å². The van der Waals surface area contributed by atoms with E-state index in [1.165, 1.54) is 24.7 Å². The summed E-state index contributed by atoms with van der Waals surface area (Å²) in [5.41, 5.74) is 0. The Bertz CT molecular complexity index is 462. The highest BCUT2D eigenvalue weighted by Gasteiger charge is 2.61. The first-order valence-corrected chi connectivity index (χ1v) is 11.8. The molecule has 8 bridgehead atoms. The van der Waals surface area contributed by atoms with E-state index in [9.17, 15) is 0 Å². The van der Waals surface area contributed by atoms with Gasteiger partial charge in [-0.3, -0.25) is 0 Å². The zero-order valence-corrected chi connectivity index (χ0v) is 16.0. The lowest BCUT2D eigenvalue weighted by atomic mass is 9.38. The summed E-state index contributed by atoms with van der Waals surface area (Å²) >= 11 is 0. The molecule has 0 aromatic rings. The van der Waals surface area contributed by atoms with E-state index in [0.717, 1.165) is 59.2 Å². The summed E-state index contributed by atoms with van der Waals surface area (Å²) in [6, 6.07) is 0. The van der Waals surface area contributed by atoms with Crippen LogP contribution in [0.2, 0.25) is 0 Å².